The van der Waals surface area contributed by atoms with Crippen LogP contribution in [0.1, 0.15) is 73.4 Å². The third-order valence-electron chi connectivity index (χ3n) is 6.03. The minimum Gasteiger partial charge on any atom is -0.337 e. The first-order valence-corrected chi connectivity index (χ1v) is 9.39. The number of benzene rings is 1. The molecular weight excluding hydrogens is 298 g/mol. The molecule has 1 aromatic rings. The van der Waals surface area contributed by atoms with Crippen LogP contribution in [0.3, 0.4) is 0 Å². The summed E-state index contributed by atoms with van der Waals surface area (Å²) >= 11 is 0. The standard InChI is InChI=1S/C21H29NO2/c1-14-8-9-18(12-15(14)2)20(23)10-11-21(24)22-16(3)13-17-6-4-5-7-19(17)22/h8-9,12,16-17,19H,4-7,10-11,13H2,1-3H3. The molecular formula is C21H29NO2. The van der Waals surface area contributed by atoms with Gasteiger partial charge in [-0.25, -0.2) is 0 Å². The van der Waals surface area contributed by atoms with Gasteiger partial charge in [0.15, 0.2) is 5.78 Å². The number of hydrogen-bond acceptors (Lipinski definition) is 2. The van der Waals surface area contributed by atoms with Crippen molar-refractivity contribution in [2.24, 2.45) is 5.92 Å². The lowest BCUT2D eigenvalue weighted by Crippen LogP contribution is -2.42. The zero-order chi connectivity index (χ0) is 17.3. The molecule has 3 rings (SSSR count). The third kappa shape index (κ3) is 3.40. The van der Waals surface area contributed by atoms with Crippen molar-refractivity contribution in [3.63, 3.8) is 0 Å². The molecule has 1 aliphatic heterocycles. The van der Waals surface area contributed by atoms with E-state index >= 15 is 0 Å². The van der Waals surface area contributed by atoms with Gasteiger partial charge in [0.1, 0.15) is 0 Å². The Morgan fingerprint density at radius 3 is 2.58 bits per heavy atom. The first-order chi connectivity index (χ1) is 11.5. The molecule has 130 valence electrons. The second-order valence-corrected chi connectivity index (χ2v) is 7.72. The van der Waals surface area contributed by atoms with E-state index in [9.17, 15) is 9.59 Å². The van der Waals surface area contributed by atoms with Crippen LogP contribution in [0.5, 0.6) is 0 Å². The molecule has 1 saturated carbocycles. The normalized spacial score (nSPS) is 26.3. The van der Waals surface area contributed by atoms with Crippen LogP contribution in [-0.2, 0) is 4.79 Å². The highest BCUT2D eigenvalue weighted by molar-refractivity contribution is 5.98. The molecule has 3 atom stereocenters. The van der Waals surface area contributed by atoms with Gasteiger partial charge in [0.2, 0.25) is 5.91 Å². The summed E-state index contributed by atoms with van der Waals surface area (Å²) in [5.41, 5.74) is 3.05. The Hall–Kier alpha value is -1.64. The van der Waals surface area contributed by atoms with E-state index in [1.165, 1.54) is 24.8 Å². The van der Waals surface area contributed by atoms with Gasteiger partial charge in [0.05, 0.1) is 0 Å². The van der Waals surface area contributed by atoms with Crippen molar-refractivity contribution in [3.8, 4) is 0 Å². The van der Waals surface area contributed by atoms with Crippen LogP contribution in [0.25, 0.3) is 0 Å². The average molecular weight is 327 g/mol. The number of fused-ring (bicyclic) bond motifs is 1. The fourth-order valence-corrected chi connectivity index (χ4v) is 4.55. The Morgan fingerprint density at radius 1 is 1.08 bits per heavy atom. The summed E-state index contributed by atoms with van der Waals surface area (Å²) < 4.78 is 0. The maximum absolute atomic E-state index is 12.7. The van der Waals surface area contributed by atoms with E-state index in [4.69, 9.17) is 0 Å². The van der Waals surface area contributed by atoms with Crippen molar-refractivity contribution in [1.29, 1.82) is 0 Å². The molecule has 1 amide bonds. The molecule has 0 radical (unpaired) electrons. The molecule has 24 heavy (non-hydrogen) atoms. The quantitative estimate of drug-likeness (QED) is 0.766. The van der Waals surface area contributed by atoms with Crippen molar-refractivity contribution in [2.45, 2.75) is 77.8 Å². The van der Waals surface area contributed by atoms with Gasteiger partial charge >= 0.3 is 0 Å². The van der Waals surface area contributed by atoms with Gasteiger partial charge in [-0.2, -0.15) is 0 Å². The van der Waals surface area contributed by atoms with Gasteiger partial charge in [0, 0.05) is 30.5 Å². The van der Waals surface area contributed by atoms with E-state index < -0.39 is 0 Å². The van der Waals surface area contributed by atoms with Crippen molar-refractivity contribution in [2.75, 3.05) is 0 Å². The van der Waals surface area contributed by atoms with E-state index in [0.717, 1.165) is 24.0 Å². The second kappa shape index (κ2) is 7.08. The van der Waals surface area contributed by atoms with Gasteiger partial charge < -0.3 is 4.90 Å². The number of ketones is 1. The smallest absolute Gasteiger partial charge is 0.223 e. The zero-order valence-corrected chi connectivity index (χ0v) is 15.2. The molecule has 0 spiro atoms. The van der Waals surface area contributed by atoms with E-state index in [1.807, 2.05) is 32.0 Å². The summed E-state index contributed by atoms with van der Waals surface area (Å²) in [6, 6.07) is 6.57. The Labute approximate surface area is 145 Å². The van der Waals surface area contributed by atoms with Crippen LogP contribution in [0.15, 0.2) is 18.2 Å². The number of rotatable bonds is 4. The molecule has 0 aromatic heterocycles. The summed E-state index contributed by atoms with van der Waals surface area (Å²) in [4.78, 5) is 27.3. The molecule has 3 unspecified atom stereocenters. The number of aryl methyl sites for hydroxylation is 2. The van der Waals surface area contributed by atoms with E-state index in [0.29, 0.717) is 30.8 Å². The lowest BCUT2D eigenvalue weighted by Gasteiger charge is -2.33. The van der Waals surface area contributed by atoms with E-state index in [-0.39, 0.29) is 11.7 Å². The Kier molecular flexibility index (Phi) is 5.07. The second-order valence-electron chi connectivity index (χ2n) is 7.72. The average Bonchev–Trinajstić information content (AvgIpc) is 2.90. The van der Waals surface area contributed by atoms with Gasteiger partial charge in [-0.3, -0.25) is 9.59 Å². The van der Waals surface area contributed by atoms with Crippen LogP contribution in [0.2, 0.25) is 0 Å². The minimum absolute atomic E-state index is 0.0819. The van der Waals surface area contributed by atoms with Crippen molar-refractivity contribution < 1.29 is 9.59 Å². The van der Waals surface area contributed by atoms with Crippen LogP contribution < -0.4 is 0 Å². The van der Waals surface area contributed by atoms with Crippen LogP contribution in [0, 0.1) is 19.8 Å². The molecule has 1 heterocycles. The fraction of sp³-hybridized carbons (Fsp3) is 0.619. The van der Waals surface area contributed by atoms with Crippen molar-refractivity contribution in [3.05, 3.63) is 34.9 Å². The summed E-state index contributed by atoms with van der Waals surface area (Å²) in [5.74, 6) is 0.945. The molecule has 0 bridgehead atoms. The number of carbonyl (C=O) groups is 2. The zero-order valence-electron chi connectivity index (χ0n) is 15.2. The lowest BCUT2D eigenvalue weighted by molar-refractivity contribution is -0.134. The molecule has 2 aliphatic rings. The lowest BCUT2D eigenvalue weighted by atomic mass is 9.85. The maximum Gasteiger partial charge on any atom is 0.223 e. The topological polar surface area (TPSA) is 37.4 Å². The SMILES string of the molecule is Cc1ccc(C(=O)CCC(=O)N2C(C)CC3CCCCC32)cc1C. The van der Waals surface area contributed by atoms with Gasteiger partial charge in [-0.05, 0) is 63.1 Å². The molecule has 2 fully saturated rings. The van der Waals surface area contributed by atoms with E-state index in [2.05, 4.69) is 11.8 Å². The predicted octanol–water partition coefficient (Wildman–Crippen LogP) is 4.45. The molecule has 3 heteroatoms. The van der Waals surface area contributed by atoms with Crippen molar-refractivity contribution in [1.82, 2.24) is 4.90 Å². The molecule has 0 N–H and O–H groups in total. The highest BCUT2D eigenvalue weighted by Crippen LogP contribution is 2.39. The summed E-state index contributed by atoms with van der Waals surface area (Å²) in [6.45, 7) is 6.23. The number of nitrogens with zero attached hydrogens (tertiary/aromatic N) is 1. The first kappa shape index (κ1) is 17.2. The van der Waals surface area contributed by atoms with Crippen LogP contribution in [-0.4, -0.2) is 28.7 Å². The highest BCUT2D eigenvalue weighted by atomic mass is 16.2. The largest absolute Gasteiger partial charge is 0.337 e. The number of carbonyl (C=O) groups excluding carboxylic acids is 2. The van der Waals surface area contributed by atoms with Crippen LogP contribution >= 0.6 is 0 Å². The third-order valence-corrected chi connectivity index (χ3v) is 6.03. The Bertz CT molecular complexity index is 637. The predicted molar refractivity (Wildman–Crippen MR) is 96.2 cm³/mol. The molecule has 1 aromatic carbocycles. The van der Waals surface area contributed by atoms with Gasteiger partial charge in [0.25, 0.3) is 0 Å². The summed E-state index contributed by atoms with van der Waals surface area (Å²) in [6.07, 6.45) is 6.76. The minimum atomic E-state index is 0.0819. The number of likely N-dealkylation sites (tertiary alicyclic amines) is 1. The number of Topliss-reactive ketones (excluding diaryl/α,β-unsaturated/α-hetero) is 1. The van der Waals surface area contributed by atoms with Gasteiger partial charge in [-0.15, -0.1) is 0 Å². The number of hydrogen-bond donors (Lipinski definition) is 0. The molecule has 3 nitrogen and oxygen atoms in total. The maximum atomic E-state index is 12.7. The fourth-order valence-electron chi connectivity index (χ4n) is 4.55. The van der Waals surface area contributed by atoms with Crippen LogP contribution in [0.4, 0.5) is 0 Å². The Morgan fingerprint density at radius 2 is 1.83 bits per heavy atom. The Balaban J connectivity index is 1.60. The monoisotopic (exact) mass is 327 g/mol. The van der Waals surface area contributed by atoms with Crippen molar-refractivity contribution >= 4 is 11.7 Å². The molecule has 1 saturated heterocycles. The first-order valence-electron chi connectivity index (χ1n) is 9.39. The summed E-state index contributed by atoms with van der Waals surface area (Å²) in [7, 11) is 0. The van der Waals surface area contributed by atoms with E-state index in [1.54, 1.807) is 0 Å². The highest BCUT2D eigenvalue weighted by Gasteiger charge is 2.42. The molecule has 1 aliphatic carbocycles. The summed E-state index contributed by atoms with van der Waals surface area (Å²) in [5, 5.41) is 0. The van der Waals surface area contributed by atoms with Gasteiger partial charge in [-0.1, -0.05) is 25.0 Å². The number of amides is 1.